The number of nitriles is 1. The molecule has 6 rings (SSSR count). The number of imidazole rings is 1. The number of halogens is 1. The van der Waals surface area contributed by atoms with Crippen molar-refractivity contribution in [1.82, 2.24) is 24.4 Å². The van der Waals surface area contributed by atoms with Crippen LogP contribution in [0.15, 0.2) is 48.7 Å². The van der Waals surface area contributed by atoms with E-state index in [0.717, 1.165) is 61.8 Å². The minimum absolute atomic E-state index is 0.0201. The molecule has 4 aromatic rings. The number of likely N-dealkylation sites (tertiary alicyclic amines) is 1. The van der Waals surface area contributed by atoms with Crippen LogP contribution >= 0.6 is 0 Å². The van der Waals surface area contributed by atoms with Gasteiger partial charge >= 0.3 is 5.97 Å². The van der Waals surface area contributed by atoms with Gasteiger partial charge in [-0.25, -0.2) is 19.2 Å². The molecule has 3 atom stereocenters. The smallest absolute Gasteiger partial charge is 0.335 e. The molecule has 2 fully saturated rings. The number of aromatic nitrogens is 4. The van der Waals surface area contributed by atoms with Gasteiger partial charge in [-0.15, -0.1) is 0 Å². The predicted octanol–water partition coefficient (Wildman–Crippen LogP) is 4.73. The number of hydrogen-bond donors (Lipinski definition) is 1. The van der Waals surface area contributed by atoms with Crippen LogP contribution < -0.4 is 9.47 Å². The summed E-state index contributed by atoms with van der Waals surface area (Å²) in [6.45, 7) is 4.91. The van der Waals surface area contributed by atoms with Crippen LogP contribution in [-0.4, -0.2) is 66.9 Å². The molecule has 11 nitrogen and oxygen atoms in total. The molecule has 228 valence electrons. The molecule has 2 saturated heterocycles. The topological polar surface area (TPSA) is 136 Å². The average Bonchev–Trinajstić information content (AvgIpc) is 3.66. The third-order valence-corrected chi connectivity index (χ3v) is 8.18. The van der Waals surface area contributed by atoms with E-state index >= 15 is 0 Å². The minimum atomic E-state index is -0.961. The largest absolute Gasteiger partial charge is 0.483 e. The Morgan fingerprint density at radius 3 is 2.84 bits per heavy atom. The van der Waals surface area contributed by atoms with E-state index in [1.807, 2.05) is 6.07 Å². The second kappa shape index (κ2) is 13.0. The maximum Gasteiger partial charge on any atom is 0.335 e. The van der Waals surface area contributed by atoms with Crippen molar-refractivity contribution in [2.75, 3.05) is 13.2 Å². The van der Waals surface area contributed by atoms with E-state index in [9.17, 15) is 14.3 Å². The Hall–Kier alpha value is -4.60. The fourth-order valence-electron chi connectivity index (χ4n) is 5.84. The van der Waals surface area contributed by atoms with E-state index in [1.54, 1.807) is 30.5 Å². The highest BCUT2D eigenvalue weighted by Gasteiger charge is 2.29. The van der Waals surface area contributed by atoms with E-state index in [-0.39, 0.29) is 41.7 Å². The number of fused-ring (bicyclic) bond motifs is 1. The predicted molar refractivity (Wildman–Crippen MR) is 157 cm³/mol. The first-order chi connectivity index (χ1) is 21.4. The van der Waals surface area contributed by atoms with Gasteiger partial charge in [0.2, 0.25) is 5.88 Å². The summed E-state index contributed by atoms with van der Waals surface area (Å²) < 4.78 is 34.0. The van der Waals surface area contributed by atoms with Crippen molar-refractivity contribution < 1.29 is 28.5 Å². The SMILES string of the molecule is C[C@H]1C[C@@H](Oc2ccnc(COc3ccc(C#N)cc3F)n2)CCN1Cc1nc2ccc(C(=O)O)cc2n1C[C@@H]1CCCO1. The number of rotatable bonds is 10. The number of benzene rings is 2. The van der Waals surface area contributed by atoms with Crippen LogP contribution in [0.4, 0.5) is 4.39 Å². The molecule has 2 aliphatic heterocycles. The Morgan fingerprint density at radius 2 is 2.09 bits per heavy atom. The van der Waals surface area contributed by atoms with E-state index in [1.165, 1.54) is 12.1 Å². The lowest BCUT2D eigenvalue weighted by molar-refractivity contribution is 0.0524. The van der Waals surface area contributed by atoms with Gasteiger partial charge in [0.1, 0.15) is 18.5 Å². The third-order valence-electron chi connectivity index (χ3n) is 8.18. The van der Waals surface area contributed by atoms with E-state index in [0.29, 0.717) is 24.8 Å². The molecule has 0 radical (unpaired) electrons. The summed E-state index contributed by atoms with van der Waals surface area (Å²) in [6, 6.07) is 12.9. The third kappa shape index (κ3) is 6.64. The van der Waals surface area contributed by atoms with Gasteiger partial charge in [-0.1, -0.05) is 0 Å². The fraction of sp³-hybridized carbons (Fsp3) is 0.406. The van der Waals surface area contributed by atoms with E-state index in [2.05, 4.69) is 26.4 Å². The summed E-state index contributed by atoms with van der Waals surface area (Å²) in [5.74, 6) is 0.113. The summed E-state index contributed by atoms with van der Waals surface area (Å²) in [6.07, 6.45) is 5.18. The molecule has 0 aliphatic carbocycles. The minimum Gasteiger partial charge on any atom is -0.483 e. The van der Waals surface area contributed by atoms with Crippen LogP contribution in [0, 0.1) is 17.1 Å². The number of hydrogen-bond acceptors (Lipinski definition) is 9. The Bertz CT molecular complexity index is 1700. The number of ether oxygens (including phenoxy) is 3. The van der Waals surface area contributed by atoms with Crippen molar-refractivity contribution in [3.05, 3.63) is 77.3 Å². The van der Waals surface area contributed by atoms with Crippen molar-refractivity contribution in [2.45, 2.75) is 70.6 Å². The molecule has 4 heterocycles. The molecule has 2 aliphatic rings. The Labute approximate surface area is 253 Å². The number of carboxylic acids is 1. The second-order valence-electron chi connectivity index (χ2n) is 11.2. The van der Waals surface area contributed by atoms with Gasteiger partial charge in [0, 0.05) is 31.5 Å². The van der Waals surface area contributed by atoms with Crippen molar-refractivity contribution in [3.8, 4) is 17.7 Å². The molecule has 2 aromatic carbocycles. The number of aromatic carboxylic acids is 1. The van der Waals surface area contributed by atoms with Crippen LogP contribution in [0.5, 0.6) is 11.6 Å². The number of nitrogens with zero attached hydrogens (tertiary/aromatic N) is 6. The number of carbonyl (C=O) groups is 1. The van der Waals surface area contributed by atoms with Crippen molar-refractivity contribution in [2.24, 2.45) is 0 Å². The lowest BCUT2D eigenvalue weighted by atomic mass is 10.0. The fourth-order valence-corrected chi connectivity index (χ4v) is 5.84. The highest BCUT2D eigenvalue weighted by molar-refractivity contribution is 5.92. The Morgan fingerprint density at radius 1 is 1.20 bits per heavy atom. The molecule has 12 heteroatoms. The van der Waals surface area contributed by atoms with Crippen LogP contribution in [0.3, 0.4) is 0 Å². The molecule has 2 aromatic heterocycles. The van der Waals surface area contributed by atoms with Gasteiger partial charge in [-0.05, 0) is 69.0 Å². The average molecular weight is 601 g/mol. The zero-order valence-corrected chi connectivity index (χ0v) is 24.4. The molecular formula is C32H33FN6O5. The summed E-state index contributed by atoms with van der Waals surface area (Å²) >= 11 is 0. The first kappa shape index (κ1) is 29.5. The van der Waals surface area contributed by atoms with E-state index < -0.39 is 11.8 Å². The zero-order chi connectivity index (χ0) is 30.6. The molecule has 0 spiro atoms. The van der Waals surface area contributed by atoms with Gasteiger partial charge < -0.3 is 23.9 Å². The number of piperidine rings is 1. The first-order valence-electron chi connectivity index (χ1n) is 14.8. The first-order valence-corrected chi connectivity index (χ1v) is 14.8. The van der Waals surface area contributed by atoms with Crippen LogP contribution in [0.2, 0.25) is 0 Å². The maximum atomic E-state index is 14.2. The van der Waals surface area contributed by atoms with Gasteiger partial charge in [0.05, 0.1) is 47.4 Å². The molecule has 1 N–H and O–H groups in total. The van der Waals surface area contributed by atoms with Crippen molar-refractivity contribution >= 4 is 17.0 Å². The molecule has 0 amide bonds. The molecule has 0 bridgehead atoms. The van der Waals surface area contributed by atoms with Crippen LogP contribution in [0.1, 0.15) is 60.2 Å². The second-order valence-corrected chi connectivity index (χ2v) is 11.2. The van der Waals surface area contributed by atoms with E-state index in [4.69, 9.17) is 24.5 Å². The lowest BCUT2D eigenvalue weighted by Gasteiger charge is -2.37. The summed E-state index contributed by atoms with van der Waals surface area (Å²) in [5.41, 5.74) is 2.05. The highest BCUT2D eigenvalue weighted by Crippen LogP contribution is 2.27. The standard InChI is InChI=1S/C32H33FN6O5/c1-20-13-23(44-31-8-10-35-29(37-31)19-43-28-7-4-21(16-34)14-25(28)33)9-11-38(20)18-30-36-26-6-5-22(32(40)41)15-27(26)39(30)17-24-3-2-12-42-24/h4-8,10,14-15,20,23-24H,2-3,9,11-13,17-19H2,1H3,(H,40,41)/t20-,23-,24-/m0/s1. The normalized spacial score (nSPS) is 20.4. The molecule has 0 unspecified atom stereocenters. The molecule has 0 saturated carbocycles. The van der Waals surface area contributed by atoms with Gasteiger partial charge in [0.25, 0.3) is 0 Å². The van der Waals surface area contributed by atoms with Crippen molar-refractivity contribution in [3.63, 3.8) is 0 Å². The number of carboxylic acid groups (broad SMARTS) is 1. The monoisotopic (exact) mass is 600 g/mol. The Balaban J connectivity index is 1.09. The maximum absolute atomic E-state index is 14.2. The summed E-state index contributed by atoms with van der Waals surface area (Å²) in [4.78, 5) is 27.6. The highest BCUT2D eigenvalue weighted by atomic mass is 19.1. The zero-order valence-electron chi connectivity index (χ0n) is 24.4. The molecule has 44 heavy (non-hydrogen) atoms. The van der Waals surface area contributed by atoms with Gasteiger partial charge in [-0.2, -0.15) is 10.2 Å². The summed E-state index contributed by atoms with van der Waals surface area (Å²) in [5, 5.41) is 18.5. The van der Waals surface area contributed by atoms with Gasteiger partial charge in [0.15, 0.2) is 17.4 Å². The Kier molecular flexibility index (Phi) is 8.67. The quantitative estimate of drug-likeness (QED) is 0.272. The lowest BCUT2D eigenvalue weighted by Crippen LogP contribution is -2.44. The molecular weight excluding hydrogens is 567 g/mol. The van der Waals surface area contributed by atoms with Crippen LogP contribution in [-0.2, 0) is 24.4 Å². The van der Waals surface area contributed by atoms with Gasteiger partial charge in [-0.3, -0.25) is 4.90 Å². The van der Waals surface area contributed by atoms with Crippen molar-refractivity contribution in [1.29, 1.82) is 5.26 Å². The van der Waals surface area contributed by atoms with Crippen LogP contribution in [0.25, 0.3) is 11.0 Å². The summed E-state index contributed by atoms with van der Waals surface area (Å²) in [7, 11) is 0.